The molecule has 0 bridgehead atoms. The van der Waals surface area contributed by atoms with Gasteiger partial charge in [-0.15, -0.1) is 0 Å². The van der Waals surface area contributed by atoms with E-state index in [-0.39, 0.29) is 23.2 Å². The summed E-state index contributed by atoms with van der Waals surface area (Å²) in [5, 5.41) is 1.04. The smallest absolute Gasteiger partial charge is 0.285 e. The Labute approximate surface area is 141 Å². The molecule has 3 rings (SSSR count). The topological polar surface area (TPSA) is 52.7 Å². The lowest BCUT2D eigenvalue weighted by atomic mass is 10.2. The maximum Gasteiger partial charge on any atom is 0.319 e. The number of hydrogen-bond donors (Lipinski definition) is 0. The molecule has 126 valence electrons. The molecule has 5 nitrogen and oxygen atoms in total. The number of benzene rings is 1. The van der Waals surface area contributed by atoms with Gasteiger partial charge in [0.15, 0.2) is 5.16 Å². The van der Waals surface area contributed by atoms with E-state index in [1.807, 2.05) is 19.9 Å². The highest BCUT2D eigenvalue weighted by Gasteiger charge is 2.16. The van der Waals surface area contributed by atoms with Crippen LogP contribution in [0, 0.1) is 0 Å². The van der Waals surface area contributed by atoms with Gasteiger partial charge in [0.2, 0.25) is 0 Å². The van der Waals surface area contributed by atoms with Gasteiger partial charge in [0.25, 0.3) is 5.56 Å². The lowest BCUT2D eigenvalue weighted by Gasteiger charge is -2.16. The van der Waals surface area contributed by atoms with Crippen LogP contribution in [0.3, 0.4) is 0 Å². The second-order valence-corrected chi connectivity index (χ2v) is 6.44. The number of alkyl halides is 2. The Kier molecular flexibility index (Phi) is 4.66. The lowest BCUT2D eigenvalue weighted by Crippen LogP contribution is -2.25. The van der Waals surface area contributed by atoms with Crippen molar-refractivity contribution in [3.8, 4) is 0 Å². The van der Waals surface area contributed by atoms with Crippen LogP contribution >= 0.6 is 11.8 Å². The summed E-state index contributed by atoms with van der Waals surface area (Å²) in [5.74, 6) is 0.446. The molecule has 0 unspecified atom stereocenters. The Hall–Kier alpha value is -2.22. The van der Waals surface area contributed by atoms with E-state index in [9.17, 15) is 13.6 Å². The first kappa shape index (κ1) is 16.6. The Bertz CT molecular complexity index is 920. The van der Waals surface area contributed by atoms with E-state index in [1.165, 1.54) is 24.2 Å². The van der Waals surface area contributed by atoms with E-state index >= 15 is 0 Å². The van der Waals surface area contributed by atoms with E-state index in [2.05, 4.69) is 9.97 Å². The van der Waals surface area contributed by atoms with E-state index in [0.717, 1.165) is 4.57 Å². The van der Waals surface area contributed by atoms with Gasteiger partial charge in [0, 0.05) is 18.4 Å². The third-order valence-corrected chi connectivity index (χ3v) is 4.53. The van der Waals surface area contributed by atoms with Crippen molar-refractivity contribution in [2.24, 2.45) is 0 Å². The predicted octanol–water partition coefficient (Wildman–Crippen LogP) is 3.86. The number of fused-ring (bicyclic) bond motifs is 1. The lowest BCUT2D eigenvalue weighted by molar-refractivity contribution is 0.0678. The maximum atomic E-state index is 12.9. The minimum atomic E-state index is -2.64. The molecule has 0 aliphatic carbocycles. The summed E-state index contributed by atoms with van der Waals surface area (Å²) in [4.78, 5) is 21.2. The summed E-state index contributed by atoms with van der Waals surface area (Å²) in [5.41, 5.74) is 0.467. The SMILES string of the molecule is CC(C)n1c(SCc2nccn2C(F)F)nc2ccccc2c1=O. The molecule has 0 aliphatic heterocycles. The zero-order valence-corrected chi connectivity index (χ0v) is 14.0. The van der Waals surface area contributed by atoms with Gasteiger partial charge in [-0.3, -0.25) is 13.9 Å². The molecule has 8 heteroatoms. The van der Waals surface area contributed by atoms with Gasteiger partial charge in [0.05, 0.1) is 16.7 Å². The van der Waals surface area contributed by atoms with Crippen LogP contribution in [-0.2, 0) is 5.75 Å². The van der Waals surface area contributed by atoms with Crippen molar-refractivity contribution < 1.29 is 8.78 Å². The summed E-state index contributed by atoms with van der Waals surface area (Å²) in [7, 11) is 0. The molecule has 0 saturated carbocycles. The molecule has 0 amide bonds. The molecule has 0 saturated heterocycles. The standard InChI is InChI=1S/C16H16F2N4OS/c1-10(2)22-14(23)11-5-3-4-6-12(11)20-16(22)24-9-13-19-7-8-21(13)15(17)18/h3-8,10,15H,9H2,1-2H3. The van der Waals surface area contributed by atoms with Crippen LogP contribution in [0.25, 0.3) is 10.9 Å². The van der Waals surface area contributed by atoms with Crippen LogP contribution in [-0.4, -0.2) is 19.1 Å². The zero-order chi connectivity index (χ0) is 17.3. The third-order valence-electron chi connectivity index (χ3n) is 3.58. The van der Waals surface area contributed by atoms with Crippen molar-refractivity contribution in [1.29, 1.82) is 0 Å². The molecule has 0 aliphatic rings. The first-order valence-electron chi connectivity index (χ1n) is 7.43. The van der Waals surface area contributed by atoms with E-state index in [1.54, 1.807) is 22.8 Å². The van der Waals surface area contributed by atoms with Crippen LogP contribution in [0.4, 0.5) is 8.78 Å². The van der Waals surface area contributed by atoms with Crippen LogP contribution in [0.1, 0.15) is 32.3 Å². The number of hydrogen-bond acceptors (Lipinski definition) is 4. The Morgan fingerprint density at radius 2 is 2.00 bits per heavy atom. The van der Waals surface area contributed by atoms with Gasteiger partial charge in [0.1, 0.15) is 5.82 Å². The quantitative estimate of drug-likeness (QED) is 0.518. The number of halogens is 2. The molecular weight excluding hydrogens is 334 g/mol. The molecule has 0 atom stereocenters. The van der Waals surface area contributed by atoms with E-state index in [0.29, 0.717) is 16.1 Å². The minimum Gasteiger partial charge on any atom is -0.285 e. The highest BCUT2D eigenvalue weighted by atomic mass is 32.2. The highest BCUT2D eigenvalue weighted by Crippen LogP contribution is 2.25. The summed E-state index contributed by atoms with van der Waals surface area (Å²) in [6, 6.07) is 7.02. The van der Waals surface area contributed by atoms with Crippen LogP contribution in [0.15, 0.2) is 46.6 Å². The molecule has 0 spiro atoms. The molecule has 24 heavy (non-hydrogen) atoms. The zero-order valence-electron chi connectivity index (χ0n) is 13.2. The van der Waals surface area contributed by atoms with Crippen molar-refractivity contribution in [3.63, 3.8) is 0 Å². The molecule has 0 N–H and O–H groups in total. The average molecular weight is 350 g/mol. The van der Waals surface area contributed by atoms with Crippen molar-refractivity contribution in [2.75, 3.05) is 0 Å². The second-order valence-electron chi connectivity index (χ2n) is 5.50. The Morgan fingerprint density at radius 1 is 1.25 bits per heavy atom. The predicted molar refractivity (Wildman–Crippen MR) is 89.4 cm³/mol. The first-order valence-corrected chi connectivity index (χ1v) is 8.41. The number of nitrogens with zero attached hydrogens (tertiary/aromatic N) is 4. The first-order chi connectivity index (χ1) is 11.5. The number of aromatic nitrogens is 4. The van der Waals surface area contributed by atoms with Crippen molar-refractivity contribution in [1.82, 2.24) is 19.1 Å². The molecule has 0 radical (unpaired) electrons. The molecule has 1 aromatic carbocycles. The molecule has 0 fully saturated rings. The minimum absolute atomic E-state index is 0.0908. The van der Waals surface area contributed by atoms with Crippen LogP contribution < -0.4 is 5.56 Å². The van der Waals surface area contributed by atoms with Gasteiger partial charge in [-0.1, -0.05) is 23.9 Å². The normalized spacial score (nSPS) is 11.8. The van der Waals surface area contributed by atoms with E-state index in [4.69, 9.17) is 0 Å². The Balaban J connectivity index is 2.01. The van der Waals surface area contributed by atoms with Crippen LogP contribution in [0.5, 0.6) is 0 Å². The van der Waals surface area contributed by atoms with Gasteiger partial charge >= 0.3 is 6.55 Å². The van der Waals surface area contributed by atoms with Crippen molar-refractivity contribution in [2.45, 2.75) is 37.3 Å². The van der Waals surface area contributed by atoms with Gasteiger partial charge in [-0.2, -0.15) is 8.78 Å². The largest absolute Gasteiger partial charge is 0.319 e. The molecule has 2 heterocycles. The van der Waals surface area contributed by atoms with Crippen LogP contribution in [0.2, 0.25) is 0 Å². The summed E-state index contributed by atoms with van der Waals surface area (Å²) in [6.07, 6.45) is 2.58. The average Bonchev–Trinajstić information content (AvgIpc) is 3.01. The highest BCUT2D eigenvalue weighted by molar-refractivity contribution is 7.98. The second kappa shape index (κ2) is 6.72. The fourth-order valence-electron chi connectivity index (χ4n) is 2.45. The number of thioether (sulfide) groups is 1. The molecular formula is C16H16F2N4OS. The van der Waals surface area contributed by atoms with Gasteiger partial charge < -0.3 is 0 Å². The fraction of sp³-hybridized carbons (Fsp3) is 0.312. The van der Waals surface area contributed by atoms with E-state index < -0.39 is 6.55 Å². The number of imidazole rings is 1. The molecule has 3 aromatic rings. The number of rotatable bonds is 5. The van der Waals surface area contributed by atoms with Gasteiger partial charge in [-0.05, 0) is 26.0 Å². The summed E-state index contributed by atoms with van der Waals surface area (Å²) >= 11 is 1.23. The molecule has 2 aromatic heterocycles. The third kappa shape index (κ3) is 3.06. The van der Waals surface area contributed by atoms with Crippen molar-refractivity contribution >= 4 is 22.7 Å². The summed E-state index contributed by atoms with van der Waals surface area (Å²) < 4.78 is 28.2. The summed E-state index contributed by atoms with van der Waals surface area (Å²) in [6.45, 7) is 1.14. The van der Waals surface area contributed by atoms with Crippen molar-refractivity contribution in [3.05, 3.63) is 52.8 Å². The fourth-order valence-corrected chi connectivity index (χ4v) is 3.52. The maximum absolute atomic E-state index is 12.9. The number of para-hydroxylation sites is 1. The monoisotopic (exact) mass is 350 g/mol. The Morgan fingerprint density at radius 3 is 2.71 bits per heavy atom. The van der Waals surface area contributed by atoms with Gasteiger partial charge in [-0.25, -0.2) is 9.97 Å².